The number of benzene rings is 2. The zero-order valence-corrected chi connectivity index (χ0v) is 17.5. The van der Waals surface area contributed by atoms with Gasteiger partial charge in [-0.3, -0.25) is 9.69 Å². The standard InChI is InChI=1S/C22H20ClNO6/c1-27-17-8-12(9-18(28-2)21(17)29-3)15-10-19(25)24(14-6-4-13(23)5-7-14)16-11-30-22(26)20(15)16/h4-9,15H,10-11H2,1-3H3/t15-/m1/s1. The number of carbonyl (C=O) groups is 2. The van der Waals surface area contributed by atoms with Crippen molar-refractivity contribution in [3.05, 3.63) is 58.3 Å². The summed E-state index contributed by atoms with van der Waals surface area (Å²) in [6.07, 6.45) is 0.0925. The molecule has 0 saturated carbocycles. The molecule has 0 saturated heterocycles. The molecule has 0 aromatic heterocycles. The molecule has 0 N–H and O–H groups in total. The molecule has 2 heterocycles. The van der Waals surface area contributed by atoms with Gasteiger partial charge in [-0.1, -0.05) is 11.6 Å². The Morgan fingerprint density at radius 3 is 2.20 bits per heavy atom. The molecule has 30 heavy (non-hydrogen) atoms. The monoisotopic (exact) mass is 429 g/mol. The Bertz CT molecular complexity index is 1020. The van der Waals surface area contributed by atoms with Crippen LogP contribution in [0.25, 0.3) is 0 Å². The molecule has 0 spiro atoms. The minimum absolute atomic E-state index is 0.0312. The summed E-state index contributed by atoms with van der Waals surface area (Å²) in [4.78, 5) is 27.3. The highest BCUT2D eigenvalue weighted by Crippen LogP contribution is 2.46. The zero-order valence-electron chi connectivity index (χ0n) is 16.7. The van der Waals surface area contributed by atoms with E-state index in [1.807, 2.05) is 0 Å². The number of hydrogen-bond donors (Lipinski definition) is 0. The number of nitrogens with zero attached hydrogens (tertiary/aromatic N) is 1. The lowest BCUT2D eigenvalue weighted by Gasteiger charge is -2.32. The van der Waals surface area contributed by atoms with Crippen molar-refractivity contribution in [1.29, 1.82) is 0 Å². The Kier molecular flexibility index (Phi) is 5.30. The highest BCUT2D eigenvalue weighted by Gasteiger charge is 2.43. The van der Waals surface area contributed by atoms with Gasteiger partial charge in [-0.25, -0.2) is 4.79 Å². The van der Waals surface area contributed by atoms with E-state index in [1.54, 1.807) is 36.4 Å². The van der Waals surface area contributed by atoms with Crippen LogP contribution in [0.3, 0.4) is 0 Å². The molecule has 0 unspecified atom stereocenters. The van der Waals surface area contributed by atoms with E-state index in [0.29, 0.717) is 44.8 Å². The Labute approximate surface area is 178 Å². The van der Waals surface area contributed by atoms with Crippen molar-refractivity contribution in [2.24, 2.45) is 0 Å². The average molecular weight is 430 g/mol. The van der Waals surface area contributed by atoms with Crippen molar-refractivity contribution in [2.75, 3.05) is 32.8 Å². The van der Waals surface area contributed by atoms with E-state index in [4.69, 9.17) is 30.5 Å². The van der Waals surface area contributed by atoms with Crippen LogP contribution in [0, 0.1) is 0 Å². The van der Waals surface area contributed by atoms with Crippen molar-refractivity contribution in [3.63, 3.8) is 0 Å². The van der Waals surface area contributed by atoms with Gasteiger partial charge < -0.3 is 18.9 Å². The molecule has 2 aromatic rings. The van der Waals surface area contributed by atoms with Crippen molar-refractivity contribution >= 4 is 29.2 Å². The number of halogens is 1. The van der Waals surface area contributed by atoms with Gasteiger partial charge in [-0.15, -0.1) is 0 Å². The maximum atomic E-state index is 13.1. The Hall–Kier alpha value is -3.19. The van der Waals surface area contributed by atoms with Crippen molar-refractivity contribution in [2.45, 2.75) is 12.3 Å². The number of rotatable bonds is 5. The molecule has 7 nitrogen and oxygen atoms in total. The molecular weight excluding hydrogens is 410 g/mol. The van der Waals surface area contributed by atoms with E-state index in [9.17, 15) is 9.59 Å². The summed E-state index contributed by atoms with van der Waals surface area (Å²) in [5, 5.41) is 0.562. The number of carbonyl (C=O) groups excluding carboxylic acids is 2. The molecular formula is C22H20ClNO6. The first-order valence-corrected chi connectivity index (χ1v) is 9.64. The number of ether oxygens (including phenoxy) is 4. The highest BCUT2D eigenvalue weighted by atomic mass is 35.5. The maximum Gasteiger partial charge on any atom is 0.336 e. The van der Waals surface area contributed by atoms with E-state index >= 15 is 0 Å². The molecule has 2 aromatic carbocycles. The van der Waals surface area contributed by atoms with Gasteiger partial charge in [0, 0.05) is 23.0 Å². The average Bonchev–Trinajstić information content (AvgIpc) is 3.14. The first-order chi connectivity index (χ1) is 14.5. The smallest absolute Gasteiger partial charge is 0.336 e. The number of hydrogen-bond acceptors (Lipinski definition) is 6. The van der Waals surface area contributed by atoms with Gasteiger partial charge in [0.15, 0.2) is 11.5 Å². The van der Waals surface area contributed by atoms with Gasteiger partial charge in [0.1, 0.15) is 6.61 Å². The van der Waals surface area contributed by atoms with Gasteiger partial charge in [0.2, 0.25) is 11.7 Å². The van der Waals surface area contributed by atoms with E-state index in [2.05, 4.69) is 0 Å². The third kappa shape index (κ3) is 3.25. The van der Waals surface area contributed by atoms with E-state index in [1.165, 1.54) is 26.2 Å². The number of methoxy groups -OCH3 is 3. The van der Waals surface area contributed by atoms with Gasteiger partial charge >= 0.3 is 5.97 Å². The fourth-order valence-electron chi connectivity index (χ4n) is 3.93. The van der Waals surface area contributed by atoms with Gasteiger partial charge in [-0.2, -0.15) is 0 Å². The van der Waals surface area contributed by atoms with Crippen LogP contribution >= 0.6 is 11.6 Å². The molecule has 1 amide bonds. The molecule has 0 radical (unpaired) electrons. The summed E-state index contributed by atoms with van der Waals surface area (Å²) in [5.41, 5.74) is 2.34. The highest BCUT2D eigenvalue weighted by molar-refractivity contribution is 6.30. The molecule has 2 aliphatic rings. The minimum Gasteiger partial charge on any atom is -0.493 e. The summed E-state index contributed by atoms with van der Waals surface area (Å²) in [6, 6.07) is 10.4. The van der Waals surface area contributed by atoms with Crippen LogP contribution in [0.2, 0.25) is 5.02 Å². The van der Waals surface area contributed by atoms with Crippen molar-refractivity contribution in [1.82, 2.24) is 0 Å². The summed E-state index contributed by atoms with van der Waals surface area (Å²) >= 11 is 5.98. The van der Waals surface area contributed by atoms with Crippen molar-refractivity contribution in [3.8, 4) is 17.2 Å². The van der Waals surface area contributed by atoms with Gasteiger partial charge in [0.25, 0.3) is 0 Å². The molecule has 1 atom stereocenters. The molecule has 4 rings (SSSR count). The van der Waals surface area contributed by atoms with E-state index < -0.39 is 11.9 Å². The van der Waals surface area contributed by atoms with Crippen LogP contribution in [0.1, 0.15) is 17.9 Å². The molecule has 0 aliphatic carbocycles. The van der Waals surface area contributed by atoms with E-state index in [0.717, 1.165) is 0 Å². The number of cyclic esters (lactones) is 1. The number of amides is 1. The first-order valence-electron chi connectivity index (χ1n) is 9.27. The van der Waals surface area contributed by atoms with Crippen molar-refractivity contribution < 1.29 is 28.5 Å². The molecule has 2 aliphatic heterocycles. The molecule has 8 heteroatoms. The summed E-state index contributed by atoms with van der Waals surface area (Å²) in [7, 11) is 4.55. The lowest BCUT2D eigenvalue weighted by Crippen LogP contribution is -2.37. The van der Waals surface area contributed by atoms with Crippen LogP contribution in [0.5, 0.6) is 17.2 Å². The fraction of sp³-hybridized carbons (Fsp3) is 0.273. The van der Waals surface area contributed by atoms with Gasteiger partial charge in [0.05, 0.1) is 32.6 Å². The Balaban J connectivity index is 1.84. The fourth-order valence-corrected chi connectivity index (χ4v) is 4.06. The van der Waals surface area contributed by atoms with Crippen LogP contribution in [-0.4, -0.2) is 39.8 Å². The lowest BCUT2D eigenvalue weighted by molar-refractivity contribution is -0.136. The molecule has 0 bridgehead atoms. The summed E-state index contributed by atoms with van der Waals surface area (Å²) in [5.74, 6) is 0.279. The third-order valence-electron chi connectivity index (χ3n) is 5.29. The quantitative estimate of drug-likeness (QED) is 0.675. The number of anilines is 1. The van der Waals surface area contributed by atoms with Crippen LogP contribution in [0.4, 0.5) is 5.69 Å². The third-order valence-corrected chi connectivity index (χ3v) is 5.54. The SMILES string of the molecule is COc1cc([C@H]2CC(=O)N(c3ccc(Cl)cc3)C3=C2C(=O)OC3)cc(OC)c1OC. The van der Waals surface area contributed by atoms with Gasteiger partial charge in [-0.05, 0) is 42.0 Å². The van der Waals surface area contributed by atoms with Crippen LogP contribution < -0.4 is 19.1 Å². The summed E-state index contributed by atoms with van der Waals surface area (Å²) < 4.78 is 21.6. The lowest BCUT2D eigenvalue weighted by atomic mass is 9.83. The Morgan fingerprint density at radius 1 is 1.00 bits per heavy atom. The topological polar surface area (TPSA) is 74.3 Å². The number of esters is 1. The maximum absolute atomic E-state index is 13.1. The molecule has 0 fully saturated rings. The predicted molar refractivity (Wildman–Crippen MR) is 110 cm³/mol. The Morgan fingerprint density at radius 2 is 1.63 bits per heavy atom. The predicted octanol–water partition coefficient (Wildman–Crippen LogP) is 3.70. The second kappa shape index (κ2) is 7.91. The van der Waals surface area contributed by atoms with Crippen LogP contribution in [-0.2, 0) is 14.3 Å². The van der Waals surface area contributed by atoms with E-state index in [-0.39, 0.29) is 18.9 Å². The second-order valence-corrected chi connectivity index (χ2v) is 7.29. The second-order valence-electron chi connectivity index (χ2n) is 6.86. The van der Waals surface area contributed by atoms with Crippen LogP contribution in [0.15, 0.2) is 47.7 Å². The first kappa shape index (κ1) is 20.1. The normalized spacial score (nSPS) is 18.3. The summed E-state index contributed by atoms with van der Waals surface area (Å²) in [6.45, 7) is 0.0312. The largest absolute Gasteiger partial charge is 0.493 e. The zero-order chi connectivity index (χ0) is 21.4. The molecule has 156 valence electrons. The minimum atomic E-state index is -0.486.